The lowest BCUT2D eigenvalue weighted by atomic mass is 9.98. The first-order valence-electron chi connectivity index (χ1n) is 6.60. The summed E-state index contributed by atoms with van der Waals surface area (Å²) < 4.78 is 0. The Hall–Kier alpha value is -1.26. The van der Waals surface area contributed by atoms with Crippen LogP contribution in [0.2, 0.25) is 10.0 Å². The van der Waals surface area contributed by atoms with Crippen LogP contribution >= 0.6 is 23.2 Å². The number of carbonyl (C=O) groups is 2. The fourth-order valence-corrected chi connectivity index (χ4v) is 3.43. The van der Waals surface area contributed by atoms with Crippen molar-refractivity contribution >= 4 is 35.1 Å². The second-order valence-electron chi connectivity index (χ2n) is 5.35. The summed E-state index contributed by atoms with van der Waals surface area (Å²) in [7, 11) is 0. The zero-order valence-corrected chi connectivity index (χ0v) is 12.3. The third kappa shape index (κ3) is 2.17. The van der Waals surface area contributed by atoms with Crippen molar-refractivity contribution in [2.45, 2.75) is 37.8 Å². The van der Waals surface area contributed by atoms with E-state index >= 15 is 0 Å². The number of hydrogen-bond acceptors (Lipinski definition) is 2. The molecule has 2 fully saturated rings. The molecule has 106 valence electrons. The van der Waals surface area contributed by atoms with Crippen molar-refractivity contribution < 1.29 is 9.59 Å². The number of nitrogens with one attached hydrogen (secondary N) is 1. The van der Waals surface area contributed by atoms with Crippen LogP contribution in [0.25, 0.3) is 0 Å². The van der Waals surface area contributed by atoms with Gasteiger partial charge in [-0.3, -0.25) is 9.69 Å². The second-order valence-corrected chi connectivity index (χ2v) is 6.19. The van der Waals surface area contributed by atoms with E-state index in [1.807, 2.05) is 0 Å². The number of nitrogens with zero attached hydrogens (tertiary/aromatic N) is 1. The molecule has 1 aromatic carbocycles. The number of rotatable bonds is 2. The fraction of sp³-hybridized carbons (Fsp3) is 0.429. The largest absolute Gasteiger partial charge is 0.325 e. The quantitative estimate of drug-likeness (QED) is 0.851. The normalized spacial score (nSPS) is 20.8. The zero-order valence-electron chi connectivity index (χ0n) is 10.8. The summed E-state index contributed by atoms with van der Waals surface area (Å²) in [6, 6.07) is 4.72. The van der Waals surface area contributed by atoms with Crippen molar-refractivity contribution in [3.05, 3.63) is 33.8 Å². The Kier molecular flexibility index (Phi) is 3.38. The minimum atomic E-state index is -0.671. The molecule has 0 aromatic heterocycles. The van der Waals surface area contributed by atoms with Crippen molar-refractivity contribution in [1.29, 1.82) is 0 Å². The Labute approximate surface area is 127 Å². The lowest BCUT2D eigenvalue weighted by Gasteiger charge is -2.20. The highest BCUT2D eigenvalue weighted by molar-refractivity contribution is 6.35. The van der Waals surface area contributed by atoms with Crippen LogP contribution in [0.3, 0.4) is 0 Å². The first-order chi connectivity index (χ1) is 9.52. The Balaban J connectivity index is 1.84. The molecule has 6 heteroatoms. The van der Waals surface area contributed by atoms with Gasteiger partial charge >= 0.3 is 6.03 Å². The summed E-state index contributed by atoms with van der Waals surface area (Å²) in [6.07, 6.45) is 3.40. The van der Waals surface area contributed by atoms with Gasteiger partial charge in [-0.2, -0.15) is 0 Å². The molecule has 4 nitrogen and oxygen atoms in total. The van der Waals surface area contributed by atoms with Crippen molar-refractivity contribution in [1.82, 2.24) is 10.2 Å². The molecular formula is C14H14Cl2N2O2. The molecule has 1 spiro atoms. The molecule has 0 unspecified atom stereocenters. The molecule has 3 amide bonds. The first kappa shape index (κ1) is 13.7. The van der Waals surface area contributed by atoms with Crippen LogP contribution in [0.15, 0.2) is 18.2 Å². The van der Waals surface area contributed by atoms with E-state index in [9.17, 15) is 9.59 Å². The fourth-order valence-electron chi connectivity index (χ4n) is 2.96. The maximum absolute atomic E-state index is 12.5. The van der Waals surface area contributed by atoms with Crippen LogP contribution < -0.4 is 5.32 Å². The molecule has 0 radical (unpaired) electrons. The minimum Gasteiger partial charge on any atom is -0.323 e. The SMILES string of the molecule is O=C1NC2(CCCC2)C(=O)N1Cc1ccc(Cl)cc1Cl. The Morgan fingerprint density at radius 1 is 1.20 bits per heavy atom. The van der Waals surface area contributed by atoms with Gasteiger partial charge in [0.25, 0.3) is 5.91 Å². The van der Waals surface area contributed by atoms with E-state index in [0.717, 1.165) is 31.2 Å². The van der Waals surface area contributed by atoms with Crippen LogP contribution in [0.4, 0.5) is 4.79 Å². The van der Waals surface area contributed by atoms with Crippen LogP contribution in [0.1, 0.15) is 31.2 Å². The lowest BCUT2D eigenvalue weighted by molar-refractivity contribution is -0.131. The molecule has 0 atom stereocenters. The number of halogens is 2. The monoisotopic (exact) mass is 312 g/mol. The minimum absolute atomic E-state index is 0.133. The summed E-state index contributed by atoms with van der Waals surface area (Å²) >= 11 is 11.9. The molecule has 2 aliphatic rings. The molecule has 1 saturated carbocycles. The third-order valence-electron chi connectivity index (χ3n) is 4.05. The van der Waals surface area contributed by atoms with Gasteiger partial charge in [0.2, 0.25) is 0 Å². The lowest BCUT2D eigenvalue weighted by Crippen LogP contribution is -2.44. The summed E-state index contributed by atoms with van der Waals surface area (Å²) in [5.41, 5.74) is 0.0466. The molecule has 1 aliphatic heterocycles. The maximum atomic E-state index is 12.5. The second kappa shape index (κ2) is 4.93. The van der Waals surface area contributed by atoms with Gasteiger partial charge in [-0.25, -0.2) is 4.79 Å². The first-order valence-corrected chi connectivity index (χ1v) is 7.35. The van der Waals surface area contributed by atoms with E-state index in [1.165, 1.54) is 4.90 Å². The molecule has 1 saturated heterocycles. The van der Waals surface area contributed by atoms with Crippen molar-refractivity contribution in [2.75, 3.05) is 0 Å². The van der Waals surface area contributed by atoms with Gasteiger partial charge in [0.05, 0.1) is 6.54 Å². The van der Waals surface area contributed by atoms with E-state index in [2.05, 4.69) is 5.32 Å². The van der Waals surface area contributed by atoms with E-state index in [-0.39, 0.29) is 18.5 Å². The Bertz CT molecular complexity index is 583. The molecule has 1 aromatic rings. The zero-order chi connectivity index (χ0) is 14.3. The Morgan fingerprint density at radius 3 is 2.55 bits per heavy atom. The van der Waals surface area contributed by atoms with Gasteiger partial charge in [0.1, 0.15) is 5.54 Å². The summed E-state index contributed by atoms with van der Waals surface area (Å²) in [5, 5.41) is 3.84. The van der Waals surface area contributed by atoms with Crippen LogP contribution in [-0.2, 0) is 11.3 Å². The van der Waals surface area contributed by atoms with Gasteiger partial charge in [-0.05, 0) is 30.5 Å². The topological polar surface area (TPSA) is 49.4 Å². The van der Waals surface area contributed by atoms with Crippen molar-refractivity contribution in [2.24, 2.45) is 0 Å². The van der Waals surface area contributed by atoms with Gasteiger partial charge in [0.15, 0.2) is 0 Å². The predicted octanol–water partition coefficient (Wildman–Crippen LogP) is 3.36. The summed E-state index contributed by atoms with van der Waals surface area (Å²) in [6.45, 7) is 0.183. The molecule has 1 heterocycles. The highest BCUT2D eigenvalue weighted by Crippen LogP contribution is 2.36. The molecule has 3 rings (SSSR count). The van der Waals surface area contributed by atoms with Crippen molar-refractivity contribution in [3.63, 3.8) is 0 Å². The van der Waals surface area contributed by atoms with Gasteiger partial charge in [-0.15, -0.1) is 0 Å². The molecular weight excluding hydrogens is 299 g/mol. The summed E-state index contributed by atoms with van der Waals surface area (Å²) in [4.78, 5) is 25.8. The number of urea groups is 1. The molecule has 20 heavy (non-hydrogen) atoms. The smallest absolute Gasteiger partial charge is 0.323 e. The van der Waals surface area contributed by atoms with E-state index in [0.29, 0.717) is 10.0 Å². The van der Waals surface area contributed by atoms with Crippen LogP contribution in [-0.4, -0.2) is 22.4 Å². The average molecular weight is 313 g/mol. The van der Waals surface area contributed by atoms with Gasteiger partial charge in [-0.1, -0.05) is 42.1 Å². The van der Waals surface area contributed by atoms with Gasteiger partial charge < -0.3 is 5.32 Å². The number of carbonyl (C=O) groups excluding carboxylic acids is 2. The highest BCUT2D eigenvalue weighted by atomic mass is 35.5. The highest BCUT2D eigenvalue weighted by Gasteiger charge is 2.52. The van der Waals surface area contributed by atoms with Crippen LogP contribution in [0, 0.1) is 0 Å². The molecule has 1 aliphatic carbocycles. The number of hydrogen-bond donors (Lipinski definition) is 1. The molecule has 1 N–H and O–H groups in total. The summed E-state index contributed by atoms with van der Waals surface area (Å²) in [5.74, 6) is -0.133. The number of amides is 3. The maximum Gasteiger partial charge on any atom is 0.325 e. The van der Waals surface area contributed by atoms with Crippen molar-refractivity contribution in [3.8, 4) is 0 Å². The van der Waals surface area contributed by atoms with Crippen LogP contribution in [0.5, 0.6) is 0 Å². The Morgan fingerprint density at radius 2 is 1.90 bits per heavy atom. The number of imide groups is 1. The standard InChI is InChI=1S/C14H14Cl2N2O2/c15-10-4-3-9(11(16)7-10)8-18-12(19)14(17-13(18)20)5-1-2-6-14/h3-4,7H,1-2,5-6,8H2,(H,17,20). The van der Waals surface area contributed by atoms with E-state index in [1.54, 1.807) is 18.2 Å². The third-order valence-corrected chi connectivity index (χ3v) is 4.63. The molecule has 0 bridgehead atoms. The number of benzene rings is 1. The van der Waals surface area contributed by atoms with E-state index in [4.69, 9.17) is 23.2 Å². The average Bonchev–Trinajstić information content (AvgIpc) is 2.94. The van der Waals surface area contributed by atoms with Gasteiger partial charge in [0, 0.05) is 10.0 Å². The van der Waals surface area contributed by atoms with E-state index < -0.39 is 5.54 Å². The predicted molar refractivity (Wildman–Crippen MR) is 76.7 cm³/mol.